The van der Waals surface area contributed by atoms with Crippen LogP contribution in [0.15, 0.2) is 97.1 Å². The number of hydrogen-bond donors (Lipinski definition) is 2. The Hall–Kier alpha value is -4.76. The zero-order valence-corrected chi connectivity index (χ0v) is 22.7. The fourth-order valence-electron chi connectivity index (χ4n) is 3.35. The topological polar surface area (TPSA) is 127 Å². The molecule has 4 aromatic carbocycles. The molecule has 4 rings (SSSR count). The Morgan fingerprint density at radius 3 is 1.05 bits per heavy atom. The Kier molecular flexibility index (Phi) is 11.1. The smallest absolute Gasteiger partial charge is 0.233 e. The van der Waals surface area contributed by atoms with Gasteiger partial charge in [-0.15, -0.1) is 17.0 Å². The van der Waals surface area contributed by atoms with Crippen LogP contribution < -0.4 is 9.47 Å². The van der Waals surface area contributed by atoms with Crippen LogP contribution in [-0.2, 0) is 0 Å². The number of carbonyl (C=O) groups excluding carboxylic acids is 4. The van der Waals surface area contributed by atoms with Crippen molar-refractivity contribution in [1.29, 1.82) is 0 Å². The minimum absolute atomic E-state index is 0. The van der Waals surface area contributed by atoms with Gasteiger partial charge in [-0.1, -0.05) is 48.5 Å². The molecule has 0 spiro atoms. The molecular weight excluding hydrogens is 568 g/mol. The number of phenols is 2. The van der Waals surface area contributed by atoms with Gasteiger partial charge in [0.25, 0.3) is 0 Å². The molecule has 0 aliphatic rings. The maximum Gasteiger partial charge on any atom is 0.233 e. The summed E-state index contributed by atoms with van der Waals surface area (Å²) in [4.78, 5) is 48.1. The lowest BCUT2D eigenvalue weighted by Crippen LogP contribution is -2.14. The zero-order valence-electron chi connectivity index (χ0n) is 21.0. The molecule has 0 saturated heterocycles. The van der Waals surface area contributed by atoms with Crippen LogP contribution in [0, 0.1) is 0 Å². The van der Waals surface area contributed by atoms with Gasteiger partial charge in [0.05, 0.1) is 14.2 Å². The standard InChI is InChI=1S/C16H14O4.C14H10O4.BrH/c1-19-13-7-3-5-11(9-13)15(17)16(18)12-6-4-8-14(10-12)20-2;15-11-5-1-3-9(7-11)13(17)14(18)10-4-2-6-12(16)8-10;/h3-10H,1-2H3;1-8,15-16H;1H. The van der Waals surface area contributed by atoms with Gasteiger partial charge >= 0.3 is 0 Å². The Morgan fingerprint density at radius 2 is 0.769 bits per heavy atom. The molecule has 8 nitrogen and oxygen atoms in total. The Morgan fingerprint density at radius 1 is 0.487 bits per heavy atom. The minimum atomic E-state index is -0.725. The first-order chi connectivity index (χ1) is 18.2. The number of hydrogen-bond acceptors (Lipinski definition) is 8. The summed E-state index contributed by atoms with van der Waals surface area (Å²) in [5.41, 5.74) is 0.834. The minimum Gasteiger partial charge on any atom is -0.508 e. The van der Waals surface area contributed by atoms with E-state index in [9.17, 15) is 29.4 Å². The maximum absolute atomic E-state index is 12.2. The van der Waals surface area contributed by atoms with Crippen molar-refractivity contribution in [3.8, 4) is 23.0 Å². The molecule has 200 valence electrons. The second-order valence-electron chi connectivity index (χ2n) is 7.88. The Balaban J connectivity index is 0.000000268. The predicted octanol–water partition coefficient (Wildman–Crippen LogP) is 5.51. The number of benzene rings is 4. The fourth-order valence-corrected chi connectivity index (χ4v) is 3.35. The molecule has 39 heavy (non-hydrogen) atoms. The third-order valence-electron chi connectivity index (χ3n) is 5.29. The highest BCUT2D eigenvalue weighted by Crippen LogP contribution is 2.18. The third-order valence-corrected chi connectivity index (χ3v) is 5.29. The third kappa shape index (κ3) is 8.11. The van der Waals surface area contributed by atoms with Crippen LogP contribution in [0.5, 0.6) is 23.0 Å². The van der Waals surface area contributed by atoms with Gasteiger partial charge in [0.2, 0.25) is 23.1 Å². The maximum atomic E-state index is 12.2. The van der Waals surface area contributed by atoms with Crippen LogP contribution in [0.1, 0.15) is 41.4 Å². The fraction of sp³-hybridized carbons (Fsp3) is 0.0667. The molecule has 0 aliphatic heterocycles. The molecule has 0 aliphatic carbocycles. The van der Waals surface area contributed by atoms with E-state index in [1.165, 1.54) is 62.8 Å². The summed E-state index contributed by atoms with van der Waals surface area (Å²) >= 11 is 0. The van der Waals surface area contributed by atoms with Gasteiger partial charge in [-0.2, -0.15) is 0 Å². The highest BCUT2D eigenvalue weighted by atomic mass is 79.9. The van der Waals surface area contributed by atoms with E-state index in [4.69, 9.17) is 9.47 Å². The van der Waals surface area contributed by atoms with Crippen molar-refractivity contribution in [2.24, 2.45) is 0 Å². The van der Waals surface area contributed by atoms with Gasteiger partial charge in [0, 0.05) is 22.3 Å². The Labute approximate surface area is 235 Å². The number of phenolic OH excluding ortho intramolecular Hbond substituents is 2. The zero-order chi connectivity index (χ0) is 27.7. The van der Waals surface area contributed by atoms with E-state index < -0.39 is 23.1 Å². The van der Waals surface area contributed by atoms with E-state index in [0.29, 0.717) is 22.6 Å². The first-order valence-electron chi connectivity index (χ1n) is 11.3. The molecule has 4 aromatic rings. The van der Waals surface area contributed by atoms with E-state index in [-0.39, 0.29) is 39.6 Å². The number of ether oxygens (including phenoxy) is 2. The molecule has 0 saturated carbocycles. The molecule has 2 N–H and O–H groups in total. The molecule has 9 heteroatoms. The number of ketones is 4. The van der Waals surface area contributed by atoms with Crippen molar-refractivity contribution in [2.75, 3.05) is 14.2 Å². The van der Waals surface area contributed by atoms with Crippen LogP contribution in [0.4, 0.5) is 0 Å². The number of methoxy groups -OCH3 is 2. The summed E-state index contributed by atoms with van der Waals surface area (Å²) in [5, 5.41) is 18.5. The number of halogens is 1. The number of carbonyl (C=O) groups is 4. The highest BCUT2D eigenvalue weighted by Gasteiger charge is 2.20. The average Bonchev–Trinajstić information content (AvgIpc) is 2.96. The van der Waals surface area contributed by atoms with Crippen molar-refractivity contribution < 1.29 is 38.9 Å². The van der Waals surface area contributed by atoms with E-state index >= 15 is 0 Å². The first kappa shape index (κ1) is 30.5. The van der Waals surface area contributed by atoms with Gasteiger partial charge in [-0.3, -0.25) is 19.2 Å². The van der Waals surface area contributed by atoms with Crippen LogP contribution >= 0.6 is 17.0 Å². The van der Waals surface area contributed by atoms with Crippen molar-refractivity contribution >= 4 is 40.1 Å². The van der Waals surface area contributed by atoms with Gasteiger partial charge in [-0.25, -0.2) is 0 Å². The number of Topliss-reactive ketones (excluding diaryl/α,β-unsaturated/α-hetero) is 4. The van der Waals surface area contributed by atoms with E-state index in [1.54, 1.807) is 48.5 Å². The molecule has 0 heterocycles. The SMILES string of the molecule is Br.COc1cccc(C(=O)C(=O)c2cccc(OC)c2)c1.O=C(C(=O)c1cccc(O)c1)c1cccc(O)c1. The molecule has 0 radical (unpaired) electrons. The summed E-state index contributed by atoms with van der Waals surface area (Å²) in [6, 6.07) is 24.2. The molecular formula is C30H25BrO8. The summed E-state index contributed by atoms with van der Waals surface area (Å²) in [7, 11) is 3.01. The van der Waals surface area contributed by atoms with Crippen molar-refractivity contribution in [3.05, 3.63) is 119 Å². The molecule has 0 bridgehead atoms. The quantitative estimate of drug-likeness (QED) is 0.202. The molecule has 0 atom stereocenters. The van der Waals surface area contributed by atoms with Crippen molar-refractivity contribution in [1.82, 2.24) is 0 Å². The van der Waals surface area contributed by atoms with Crippen LogP contribution in [0.3, 0.4) is 0 Å². The number of aromatic hydroxyl groups is 2. The number of rotatable bonds is 8. The molecule has 0 amide bonds. The lowest BCUT2D eigenvalue weighted by Gasteiger charge is -2.05. The van der Waals surface area contributed by atoms with Gasteiger partial charge in [0.15, 0.2) is 0 Å². The average molecular weight is 593 g/mol. The van der Waals surface area contributed by atoms with E-state index in [1.807, 2.05) is 0 Å². The summed E-state index contributed by atoms with van der Waals surface area (Å²) in [6.45, 7) is 0. The van der Waals surface area contributed by atoms with Crippen LogP contribution in [0.25, 0.3) is 0 Å². The molecule has 0 aromatic heterocycles. The lowest BCUT2D eigenvalue weighted by atomic mass is 10.0. The lowest BCUT2D eigenvalue weighted by molar-refractivity contribution is 0.0816. The van der Waals surface area contributed by atoms with E-state index in [2.05, 4.69) is 0 Å². The van der Waals surface area contributed by atoms with Crippen molar-refractivity contribution in [3.63, 3.8) is 0 Å². The second-order valence-corrected chi connectivity index (χ2v) is 7.88. The van der Waals surface area contributed by atoms with Crippen molar-refractivity contribution in [2.45, 2.75) is 0 Å². The highest BCUT2D eigenvalue weighted by molar-refractivity contribution is 8.93. The van der Waals surface area contributed by atoms with E-state index in [0.717, 1.165) is 0 Å². The molecule has 0 fully saturated rings. The normalized spacial score (nSPS) is 9.69. The van der Waals surface area contributed by atoms with Gasteiger partial charge < -0.3 is 19.7 Å². The monoisotopic (exact) mass is 592 g/mol. The summed E-state index contributed by atoms with van der Waals surface area (Å²) in [5.74, 6) is -1.68. The van der Waals surface area contributed by atoms with Crippen LogP contribution in [0.2, 0.25) is 0 Å². The summed E-state index contributed by atoms with van der Waals surface area (Å²) in [6.07, 6.45) is 0. The first-order valence-corrected chi connectivity index (χ1v) is 11.3. The second kappa shape index (κ2) is 14.3. The molecule has 0 unspecified atom stereocenters. The Bertz CT molecular complexity index is 1380. The van der Waals surface area contributed by atoms with Crippen LogP contribution in [-0.4, -0.2) is 47.6 Å². The predicted molar refractivity (Wildman–Crippen MR) is 150 cm³/mol. The van der Waals surface area contributed by atoms with Gasteiger partial charge in [-0.05, 0) is 48.5 Å². The van der Waals surface area contributed by atoms with Gasteiger partial charge in [0.1, 0.15) is 23.0 Å². The summed E-state index contributed by atoms with van der Waals surface area (Å²) < 4.78 is 10.1. The largest absolute Gasteiger partial charge is 0.508 e.